The normalized spacial score (nSPS) is 17.7. The van der Waals surface area contributed by atoms with Gasteiger partial charge in [0.05, 0.1) is 6.04 Å². The number of amides is 2. The molecule has 1 atom stereocenters. The molecule has 1 aliphatic heterocycles. The number of nitrogens with zero attached hydrogens (tertiary/aromatic N) is 1. The Kier molecular flexibility index (Phi) is 2.90. The maximum Gasteiger partial charge on any atom is 0.318 e. The number of benzene rings is 1. The second-order valence-electron chi connectivity index (χ2n) is 3.76. The molecule has 2 rings (SSSR count). The topological polar surface area (TPSA) is 32.3 Å². The summed E-state index contributed by atoms with van der Waals surface area (Å²) in [4.78, 5) is 13.5. The second-order valence-corrected chi connectivity index (χ2v) is 3.76. The molecule has 1 fully saturated rings. The minimum absolute atomic E-state index is 0.0608. The Bertz CT molecular complexity index is 337. The second kappa shape index (κ2) is 4.34. The lowest BCUT2D eigenvalue weighted by molar-refractivity contribution is 0.196. The molecule has 1 aliphatic rings. The average Bonchev–Trinajstić information content (AvgIpc) is 2.68. The van der Waals surface area contributed by atoms with E-state index in [4.69, 9.17) is 0 Å². The first-order valence-electron chi connectivity index (χ1n) is 5.42. The van der Waals surface area contributed by atoms with Crippen LogP contribution in [0.15, 0.2) is 30.3 Å². The first kappa shape index (κ1) is 10.0. The smallest absolute Gasteiger partial charge is 0.318 e. The zero-order chi connectivity index (χ0) is 10.7. The van der Waals surface area contributed by atoms with E-state index in [0.29, 0.717) is 0 Å². The van der Waals surface area contributed by atoms with Crippen LogP contribution in [0.1, 0.15) is 24.9 Å². The van der Waals surface area contributed by atoms with Crippen LogP contribution in [0.25, 0.3) is 0 Å². The number of carbonyl (C=O) groups is 1. The van der Waals surface area contributed by atoms with Crippen molar-refractivity contribution in [2.75, 3.05) is 13.1 Å². The van der Waals surface area contributed by atoms with Crippen LogP contribution < -0.4 is 5.32 Å². The van der Waals surface area contributed by atoms with Crippen molar-refractivity contribution in [3.8, 4) is 0 Å². The number of carbonyl (C=O) groups excluding carboxylic acids is 1. The lowest BCUT2D eigenvalue weighted by atomic mass is 10.0. The van der Waals surface area contributed by atoms with Crippen molar-refractivity contribution >= 4 is 6.03 Å². The zero-order valence-corrected chi connectivity index (χ0v) is 8.94. The van der Waals surface area contributed by atoms with Crippen molar-refractivity contribution in [1.29, 1.82) is 0 Å². The monoisotopic (exact) mass is 204 g/mol. The summed E-state index contributed by atoms with van der Waals surface area (Å²) in [7, 11) is 0. The fourth-order valence-electron chi connectivity index (χ4n) is 2.09. The Labute approximate surface area is 90.1 Å². The minimum Gasteiger partial charge on any atom is -0.336 e. The zero-order valence-electron chi connectivity index (χ0n) is 8.94. The average molecular weight is 204 g/mol. The quantitative estimate of drug-likeness (QED) is 0.804. The molecule has 0 spiro atoms. The number of hydrogen-bond acceptors (Lipinski definition) is 1. The van der Waals surface area contributed by atoms with Gasteiger partial charge >= 0.3 is 6.03 Å². The fourth-order valence-corrected chi connectivity index (χ4v) is 2.09. The van der Waals surface area contributed by atoms with Gasteiger partial charge in [-0.3, -0.25) is 0 Å². The molecule has 1 heterocycles. The van der Waals surface area contributed by atoms with E-state index in [0.717, 1.165) is 19.5 Å². The highest BCUT2D eigenvalue weighted by Gasteiger charge is 2.27. The predicted molar refractivity (Wildman–Crippen MR) is 59.6 cm³/mol. The molecule has 0 radical (unpaired) electrons. The molecule has 1 unspecified atom stereocenters. The largest absolute Gasteiger partial charge is 0.336 e. The molecule has 0 aromatic heterocycles. The Hall–Kier alpha value is -1.51. The SMILES string of the molecule is CCC(c1ccccc1)N1CCNC1=O. The van der Waals surface area contributed by atoms with Crippen LogP contribution in [0.4, 0.5) is 4.79 Å². The molecule has 80 valence electrons. The van der Waals surface area contributed by atoms with E-state index in [1.165, 1.54) is 5.56 Å². The lowest BCUT2D eigenvalue weighted by Gasteiger charge is -2.25. The van der Waals surface area contributed by atoms with Crippen LogP contribution >= 0.6 is 0 Å². The van der Waals surface area contributed by atoms with E-state index in [-0.39, 0.29) is 12.1 Å². The first-order valence-corrected chi connectivity index (χ1v) is 5.42. The molecule has 1 aromatic carbocycles. The molecular weight excluding hydrogens is 188 g/mol. The standard InChI is InChI=1S/C12H16N2O/c1-2-11(10-6-4-3-5-7-10)14-9-8-13-12(14)15/h3-7,11H,2,8-9H2,1H3,(H,13,15). The highest BCUT2D eigenvalue weighted by atomic mass is 16.2. The molecule has 3 heteroatoms. The number of nitrogens with one attached hydrogen (secondary N) is 1. The molecular formula is C12H16N2O. The molecule has 3 nitrogen and oxygen atoms in total. The number of rotatable bonds is 3. The third kappa shape index (κ3) is 1.96. The summed E-state index contributed by atoms with van der Waals surface area (Å²) in [6.45, 7) is 3.69. The van der Waals surface area contributed by atoms with Gasteiger partial charge in [0.1, 0.15) is 0 Å². The molecule has 0 aliphatic carbocycles. The predicted octanol–water partition coefficient (Wildman–Crippen LogP) is 2.16. The van der Waals surface area contributed by atoms with Crippen LogP contribution in [0.2, 0.25) is 0 Å². The van der Waals surface area contributed by atoms with E-state index >= 15 is 0 Å². The van der Waals surface area contributed by atoms with Crippen molar-refractivity contribution in [2.45, 2.75) is 19.4 Å². The van der Waals surface area contributed by atoms with Crippen LogP contribution in [0, 0.1) is 0 Å². The highest BCUT2D eigenvalue weighted by molar-refractivity contribution is 5.76. The summed E-state index contributed by atoms with van der Waals surface area (Å²) in [5, 5.41) is 2.84. The van der Waals surface area contributed by atoms with Gasteiger partial charge in [-0.1, -0.05) is 37.3 Å². The lowest BCUT2D eigenvalue weighted by Crippen LogP contribution is -2.31. The van der Waals surface area contributed by atoms with Gasteiger partial charge in [-0.2, -0.15) is 0 Å². The minimum atomic E-state index is 0.0608. The summed E-state index contributed by atoms with van der Waals surface area (Å²) in [5.74, 6) is 0. The molecule has 1 saturated heterocycles. The van der Waals surface area contributed by atoms with Crippen LogP contribution in [0.3, 0.4) is 0 Å². The van der Waals surface area contributed by atoms with E-state index in [9.17, 15) is 4.79 Å². The molecule has 1 aromatic rings. The van der Waals surface area contributed by atoms with Crippen LogP contribution in [0.5, 0.6) is 0 Å². The van der Waals surface area contributed by atoms with Gasteiger partial charge in [0.15, 0.2) is 0 Å². The Balaban J connectivity index is 2.20. The molecule has 1 N–H and O–H groups in total. The first-order chi connectivity index (χ1) is 7.33. The van der Waals surface area contributed by atoms with Crippen molar-refractivity contribution in [1.82, 2.24) is 10.2 Å². The molecule has 15 heavy (non-hydrogen) atoms. The van der Waals surface area contributed by atoms with E-state index in [1.807, 2.05) is 23.1 Å². The Morgan fingerprint density at radius 3 is 2.67 bits per heavy atom. The van der Waals surface area contributed by atoms with Gasteiger partial charge in [-0.25, -0.2) is 4.79 Å². The van der Waals surface area contributed by atoms with E-state index < -0.39 is 0 Å². The molecule has 0 bridgehead atoms. The highest BCUT2D eigenvalue weighted by Crippen LogP contribution is 2.24. The molecule has 0 saturated carbocycles. The number of hydrogen-bond donors (Lipinski definition) is 1. The van der Waals surface area contributed by atoms with Gasteiger partial charge < -0.3 is 10.2 Å². The van der Waals surface area contributed by atoms with Crippen LogP contribution in [-0.4, -0.2) is 24.0 Å². The Morgan fingerprint density at radius 1 is 1.40 bits per heavy atom. The Morgan fingerprint density at radius 2 is 2.13 bits per heavy atom. The van der Waals surface area contributed by atoms with Gasteiger partial charge in [-0.15, -0.1) is 0 Å². The van der Waals surface area contributed by atoms with Crippen molar-refractivity contribution in [3.63, 3.8) is 0 Å². The maximum atomic E-state index is 11.6. The van der Waals surface area contributed by atoms with Crippen molar-refractivity contribution in [2.24, 2.45) is 0 Å². The number of urea groups is 1. The fraction of sp³-hybridized carbons (Fsp3) is 0.417. The summed E-state index contributed by atoms with van der Waals surface area (Å²) < 4.78 is 0. The van der Waals surface area contributed by atoms with Crippen molar-refractivity contribution < 1.29 is 4.79 Å². The van der Waals surface area contributed by atoms with Crippen molar-refractivity contribution in [3.05, 3.63) is 35.9 Å². The third-order valence-electron chi connectivity index (χ3n) is 2.84. The van der Waals surface area contributed by atoms with Gasteiger partial charge in [0.25, 0.3) is 0 Å². The molecule has 2 amide bonds. The van der Waals surface area contributed by atoms with Gasteiger partial charge in [0, 0.05) is 13.1 Å². The summed E-state index contributed by atoms with van der Waals surface area (Å²) in [6, 6.07) is 10.5. The summed E-state index contributed by atoms with van der Waals surface area (Å²) in [5.41, 5.74) is 1.22. The van der Waals surface area contributed by atoms with E-state index in [2.05, 4.69) is 24.4 Å². The van der Waals surface area contributed by atoms with Crippen LogP contribution in [-0.2, 0) is 0 Å². The van der Waals surface area contributed by atoms with Gasteiger partial charge in [0.2, 0.25) is 0 Å². The third-order valence-corrected chi connectivity index (χ3v) is 2.84. The van der Waals surface area contributed by atoms with E-state index in [1.54, 1.807) is 0 Å². The van der Waals surface area contributed by atoms with Gasteiger partial charge in [-0.05, 0) is 12.0 Å². The summed E-state index contributed by atoms with van der Waals surface area (Å²) in [6.07, 6.45) is 0.956. The summed E-state index contributed by atoms with van der Waals surface area (Å²) >= 11 is 0. The maximum absolute atomic E-state index is 11.6.